The Morgan fingerprint density at radius 3 is 3.00 bits per heavy atom. The van der Waals surface area contributed by atoms with Gasteiger partial charge in [-0.15, -0.1) is 0 Å². The van der Waals surface area contributed by atoms with E-state index < -0.39 is 0 Å². The highest BCUT2D eigenvalue weighted by molar-refractivity contribution is 5.20. The Labute approximate surface area is 84.5 Å². The first-order valence-electron chi connectivity index (χ1n) is 5.16. The maximum atomic E-state index is 4.25. The minimum absolute atomic E-state index is 0.353. The van der Waals surface area contributed by atoms with Crippen LogP contribution in [0.2, 0.25) is 0 Å². The minimum Gasteiger partial charge on any atom is -0.319 e. The van der Waals surface area contributed by atoms with Crippen molar-refractivity contribution in [2.24, 2.45) is 5.41 Å². The van der Waals surface area contributed by atoms with E-state index in [1.54, 1.807) is 0 Å². The number of rotatable bonds is 2. The predicted molar refractivity (Wildman–Crippen MR) is 55.2 cm³/mol. The SMILES string of the molecule is CNCC1CC(C)(C)Cc2n[nH]nc21. The van der Waals surface area contributed by atoms with E-state index >= 15 is 0 Å². The van der Waals surface area contributed by atoms with Crippen LogP contribution in [0, 0.1) is 5.41 Å². The zero-order valence-electron chi connectivity index (χ0n) is 9.09. The zero-order chi connectivity index (χ0) is 10.2. The van der Waals surface area contributed by atoms with Gasteiger partial charge in [0.05, 0.1) is 11.4 Å². The Morgan fingerprint density at radius 2 is 2.29 bits per heavy atom. The summed E-state index contributed by atoms with van der Waals surface area (Å²) >= 11 is 0. The van der Waals surface area contributed by atoms with Gasteiger partial charge in [0.1, 0.15) is 0 Å². The van der Waals surface area contributed by atoms with Crippen molar-refractivity contribution in [1.29, 1.82) is 0 Å². The number of aromatic amines is 1. The second-order valence-electron chi connectivity index (χ2n) is 4.96. The lowest BCUT2D eigenvalue weighted by atomic mass is 9.73. The van der Waals surface area contributed by atoms with Crippen LogP contribution in [-0.4, -0.2) is 29.0 Å². The highest BCUT2D eigenvalue weighted by Gasteiger charge is 2.34. The molecule has 14 heavy (non-hydrogen) atoms. The van der Waals surface area contributed by atoms with Crippen molar-refractivity contribution in [2.45, 2.75) is 32.6 Å². The minimum atomic E-state index is 0.353. The van der Waals surface area contributed by atoms with Gasteiger partial charge in [-0.2, -0.15) is 15.4 Å². The van der Waals surface area contributed by atoms with Gasteiger partial charge in [0.15, 0.2) is 0 Å². The van der Waals surface area contributed by atoms with Gasteiger partial charge in [0, 0.05) is 12.5 Å². The Kier molecular flexibility index (Phi) is 2.31. The van der Waals surface area contributed by atoms with Gasteiger partial charge in [0.25, 0.3) is 0 Å². The number of nitrogens with zero attached hydrogens (tertiary/aromatic N) is 2. The molecule has 78 valence electrons. The van der Waals surface area contributed by atoms with Gasteiger partial charge in [0.2, 0.25) is 0 Å². The van der Waals surface area contributed by atoms with Gasteiger partial charge in [-0.3, -0.25) is 0 Å². The molecule has 2 N–H and O–H groups in total. The average Bonchev–Trinajstić information content (AvgIpc) is 2.50. The molecular weight excluding hydrogens is 176 g/mol. The van der Waals surface area contributed by atoms with Crippen LogP contribution in [0.3, 0.4) is 0 Å². The molecule has 1 aromatic heterocycles. The second kappa shape index (κ2) is 3.35. The Balaban J connectivity index is 2.28. The van der Waals surface area contributed by atoms with Crippen molar-refractivity contribution in [3.05, 3.63) is 11.4 Å². The van der Waals surface area contributed by atoms with Gasteiger partial charge < -0.3 is 5.32 Å². The molecule has 2 rings (SSSR count). The molecule has 0 spiro atoms. The fourth-order valence-corrected chi connectivity index (χ4v) is 2.42. The largest absolute Gasteiger partial charge is 0.319 e. The molecular formula is C10H18N4. The maximum absolute atomic E-state index is 4.25. The molecule has 0 radical (unpaired) electrons. The first-order chi connectivity index (χ1) is 6.62. The number of fused-ring (bicyclic) bond motifs is 1. The van der Waals surface area contributed by atoms with E-state index in [1.807, 2.05) is 7.05 Å². The number of H-pyrrole nitrogens is 1. The molecule has 1 aliphatic carbocycles. The average molecular weight is 194 g/mol. The summed E-state index contributed by atoms with van der Waals surface area (Å²) in [6.45, 7) is 5.59. The van der Waals surface area contributed by atoms with Crippen molar-refractivity contribution in [3.8, 4) is 0 Å². The highest BCUT2D eigenvalue weighted by atomic mass is 15.3. The number of nitrogens with one attached hydrogen (secondary N) is 2. The second-order valence-corrected chi connectivity index (χ2v) is 4.96. The van der Waals surface area contributed by atoms with Gasteiger partial charge in [-0.1, -0.05) is 13.8 Å². The van der Waals surface area contributed by atoms with E-state index in [-0.39, 0.29) is 0 Å². The van der Waals surface area contributed by atoms with Crippen LogP contribution in [0.1, 0.15) is 37.6 Å². The fourth-order valence-electron chi connectivity index (χ4n) is 2.42. The lowest BCUT2D eigenvalue weighted by Gasteiger charge is -2.33. The molecule has 1 heterocycles. The highest BCUT2D eigenvalue weighted by Crippen LogP contribution is 2.39. The van der Waals surface area contributed by atoms with Crippen molar-refractivity contribution < 1.29 is 0 Å². The first kappa shape index (κ1) is 9.65. The van der Waals surface area contributed by atoms with E-state index in [0.717, 1.165) is 18.7 Å². The van der Waals surface area contributed by atoms with Crippen LogP contribution in [-0.2, 0) is 6.42 Å². The predicted octanol–water partition coefficient (Wildman–Crippen LogP) is 1.08. The molecule has 1 aromatic rings. The van der Waals surface area contributed by atoms with Gasteiger partial charge in [-0.25, -0.2) is 0 Å². The maximum Gasteiger partial charge on any atom is 0.0900 e. The number of hydrogen-bond donors (Lipinski definition) is 2. The lowest BCUT2D eigenvalue weighted by molar-refractivity contribution is 0.273. The Hall–Kier alpha value is -0.900. The summed E-state index contributed by atoms with van der Waals surface area (Å²) in [6, 6.07) is 0. The van der Waals surface area contributed by atoms with E-state index in [9.17, 15) is 0 Å². The van der Waals surface area contributed by atoms with E-state index in [2.05, 4.69) is 34.6 Å². The first-order valence-corrected chi connectivity index (χ1v) is 5.16. The van der Waals surface area contributed by atoms with Crippen molar-refractivity contribution in [3.63, 3.8) is 0 Å². The Morgan fingerprint density at radius 1 is 1.50 bits per heavy atom. The van der Waals surface area contributed by atoms with Crippen molar-refractivity contribution in [1.82, 2.24) is 20.7 Å². The van der Waals surface area contributed by atoms with Crippen LogP contribution in [0.25, 0.3) is 0 Å². The van der Waals surface area contributed by atoms with Crippen LogP contribution < -0.4 is 5.32 Å². The van der Waals surface area contributed by atoms with Crippen molar-refractivity contribution >= 4 is 0 Å². The molecule has 1 unspecified atom stereocenters. The van der Waals surface area contributed by atoms with Crippen LogP contribution >= 0.6 is 0 Å². The molecule has 0 saturated carbocycles. The summed E-state index contributed by atoms with van der Waals surface area (Å²) in [5.41, 5.74) is 2.67. The topological polar surface area (TPSA) is 53.6 Å². The summed E-state index contributed by atoms with van der Waals surface area (Å²) in [5, 5.41) is 14.4. The smallest absolute Gasteiger partial charge is 0.0900 e. The number of aromatic nitrogens is 3. The molecule has 0 fully saturated rings. The monoisotopic (exact) mass is 194 g/mol. The molecule has 0 amide bonds. The molecule has 0 saturated heterocycles. The van der Waals surface area contributed by atoms with Crippen LogP contribution in [0.4, 0.5) is 0 Å². The van der Waals surface area contributed by atoms with Crippen LogP contribution in [0.15, 0.2) is 0 Å². The van der Waals surface area contributed by atoms with E-state index in [4.69, 9.17) is 0 Å². The third kappa shape index (κ3) is 1.66. The van der Waals surface area contributed by atoms with Gasteiger partial charge in [-0.05, 0) is 25.3 Å². The van der Waals surface area contributed by atoms with Crippen LogP contribution in [0.5, 0.6) is 0 Å². The molecule has 1 atom stereocenters. The third-order valence-corrected chi connectivity index (χ3v) is 2.93. The summed E-state index contributed by atoms with van der Waals surface area (Å²) in [4.78, 5) is 0. The summed E-state index contributed by atoms with van der Waals surface area (Å²) in [6.07, 6.45) is 2.23. The quantitative estimate of drug-likeness (QED) is 0.740. The zero-order valence-corrected chi connectivity index (χ0v) is 9.09. The number of hydrogen-bond acceptors (Lipinski definition) is 3. The molecule has 0 aromatic carbocycles. The molecule has 0 aliphatic heterocycles. The standard InChI is InChI=1S/C10H18N4/c1-10(2)4-7(6-11-3)9-8(5-10)12-14-13-9/h7,11H,4-6H2,1-3H3,(H,12,13,14). The van der Waals surface area contributed by atoms with Gasteiger partial charge >= 0.3 is 0 Å². The third-order valence-electron chi connectivity index (χ3n) is 2.93. The normalized spacial score (nSPS) is 24.6. The van der Waals surface area contributed by atoms with Crippen molar-refractivity contribution in [2.75, 3.05) is 13.6 Å². The van der Waals surface area contributed by atoms with E-state index in [0.29, 0.717) is 11.3 Å². The molecule has 0 bridgehead atoms. The Bertz CT molecular complexity index is 316. The fraction of sp³-hybridized carbons (Fsp3) is 0.800. The summed E-state index contributed by atoms with van der Waals surface area (Å²) in [7, 11) is 1.99. The molecule has 4 heteroatoms. The molecule has 4 nitrogen and oxygen atoms in total. The number of likely N-dealkylation sites (N-methyl/N-ethyl adjacent to an activating group) is 1. The lowest BCUT2D eigenvalue weighted by Crippen LogP contribution is -2.30. The summed E-state index contributed by atoms with van der Waals surface area (Å²) in [5.74, 6) is 0.512. The summed E-state index contributed by atoms with van der Waals surface area (Å²) < 4.78 is 0. The molecule has 1 aliphatic rings. The van der Waals surface area contributed by atoms with E-state index in [1.165, 1.54) is 12.1 Å².